The highest BCUT2D eigenvalue weighted by Gasteiger charge is 2.08. The van der Waals surface area contributed by atoms with E-state index in [-0.39, 0.29) is 0 Å². The van der Waals surface area contributed by atoms with E-state index < -0.39 is 11.6 Å². The summed E-state index contributed by atoms with van der Waals surface area (Å²) in [5.41, 5.74) is 1.54. The maximum atomic E-state index is 13.1. The molecule has 1 heterocycles. The fraction of sp³-hybridized carbons (Fsp3) is 0.250. The average molecular weight is 274 g/mol. The first-order valence-electron chi connectivity index (χ1n) is 5.16. The number of aryl methyl sites for hydroxylation is 1. The molecule has 0 amide bonds. The van der Waals surface area contributed by atoms with E-state index in [1.165, 1.54) is 23.5 Å². The minimum atomic E-state index is -0.847. The number of rotatable bonds is 4. The van der Waals surface area contributed by atoms with Crippen LogP contribution in [0.15, 0.2) is 23.6 Å². The SMILES string of the molecule is Fc1ccc(-c2nc(CCCCl)cs2)cc1F. The van der Waals surface area contributed by atoms with Crippen molar-refractivity contribution in [2.45, 2.75) is 12.8 Å². The van der Waals surface area contributed by atoms with Crippen molar-refractivity contribution in [3.63, 3.8) is 0 Å². The van der Waals surface area contributed by atoms with Crippen LogP contribution >= 0.6 is 22.9 Å². The molecule has 17 heavy (non-hydrogen) atoms. The molecule has 0 fully saturated rings. The highest BCUT2D eigenvalue weighted by Crippen LogP contribution is 2.25. The van der Waals surface area contributed by atoms with Gasteiger partial charge in [-0.15, -0.1) is 22.9 Å². The summed E-state index contributed by atoms with van der Waals surface area (Å²) in [6, 6.07) is 3.81. The molecule has 0 aliphatic rings. The summed E-state index contributed by atoms with van der Waals surface area (Å²) in [5.74, 6) is -1.09. The molecule has 0 aliphatic heterocycles. The van der Waals surface area contributed by atoms with Crippen LogP contribution in [0.3, 0.4) is 0 Å². The quantitative estimate of drug-likeness (QED) is 0.759. The largest absolute Gasteiger partial charge is 0.241 e. The Bertz CT molecular complexity index is 513. The Hall–Kier alpha value is -1.00. The molecule has 0 bridgehead atoms. The minimum absolute atomic E-state index is 0.595. The van der Waals surface area contributed by atoms with Crippen LogP contribution in [0.5, 0.6) is 0 Å². The maximum Gasteiger partial charge on any atom is 0.159 e. The maximum absolute atomic E-state index is 13.1. The molecule has 90 valence electrons. The van der Waals surface area contributed by atoms with Crippen molar-refractivity contribution in [3.05, 3.63) is 40.9 Å². The Labute approximate surface area is 107 Å². The van der Waals surface area contributed by atoms with Crippen molar-refractivity contribution in [2.24, 2.45) is 0 Å². The summed E-state index contributed by atoms with van der Waals surface area (Å²) in [6.45, 7) is 0. The normalized spacial score (nSPS) is 10.8. The Balaban J connectivity index is 2.21. The second kappa shape index (κ2) is 5.56. The summed E-state index contributed by atoms with van der Waals surface area (Å²) < 4.78 is 25.8. The van der Waals surface area contributed by atoms with Gasteiger partial charge in [0.05, 0.1) is 5.69 Å². The van der Waals surface area contributed by atoms with Crippen molar-refractivity contribution in [2.75, 3.05) is 5.88 Å². The highest BCUT2D eigenvalue weighted by molar-refractivity contribution is 7.13. The zero-order chi connectivity index (χ0) is 12.3. The van der Waals surface area contributed by atoms with E-state index in [1.54, 1.807) is 0 Å². The van der Waals surface area contributed by atoms with E-state index in [0.29, 0.717) is 16.5 Å². The number of nitrogens with zero attached hydrogens (tertiary/aromatic N) is 1. The Morgan fingerprint density at radius 2 is 2.06 bits per heavy atom. The molecule has 5 heteroatoms. The summed E-state index contributed by atoms with van der Waals surface area (Å²) >= 11 is 7.02. The molecule has 0 spiro atoms. The molecule has 0 radical (unpaired) electrons. The van der Waals surface area contributed by atoms with Gasteiger partial charge in [-0.05, 0) is 31.0 Å². The fourth-order valence-corrected chi connectivity index (χ4v) is 2.42. The van der Waals surface area contributed by atoms with Gasteiger partial charge in [-0.25, -0.2) is 13.8 Å². The summed E-state index contributed by atoms with van der Waals surface area (Å²) in [5, 5.41) is 2.62. The van der Waals surface area contributed by atoms with Crippen molar-refractivity contribution >= 4 is 22.9 Å². The number of alkyl halides is 1. The topological polar surface area (TPSA) is 12.9 Å². The van der Waals surface area contributed by atoms with Crippen LogP contribution in [0, 0.1) is 11.6 Å². The predicted octanol–water partition coefficient (Wildman–Crippen LogP) is 4.26. The second-order valence-electron chi connectivity index (χ2n) is 3.57. The monoisotopic (exact) mass is 273 g/mol. The first-order valence-corrected chi connectivity index (χ1v) is 6.58. The van der Waals surface area contributed by atoms with Crippen LogP contribution in [0.4, 0.5) is 8.78 Å². The van der Waals surface area contributed by atoms with E-state index in [9.17, 15) is 8.78 Å². The summed E-state index contributed by atoms with van der Waals surface area (Å²) in [4.78, 5) is 4.36. The van der Waals surface area contributed by atoms with E-state index >= 15 is 0 Å². The van der Waals surface area contributed by atoms with E-state index in [2.05, 4.69) is 4.98 Å². The molecular weight excluding hydrogens is 264 g/mol. The van der Waals surface area contributed by atoms with Gasteiger partial charge in [-0.3, -0.25) is 0 Å². The van der Waals surface area contributed by atoms with E-state index in [4.69, 9.17) is 11.6 Å². The van der Waals surface area contributed by atoms with Crippen molar-refractivity contribution in [3.8, 4) is 10.6 Å². The first kappa shape index (κ1) is 12.5. The van der Waals surface area contributed by atoms with Gasteiger partial charge in [0.1, 0.15) is 5.01 Å². The Kier molecular flexibility index (Phi) is 4.07. The molecule has 1 aromatic carbocycles. The van der Waals surface area contributed by atoms with Gasteiger partial charge in [-0.1, -0.05) is 0 Å². The number of halogens is 3. The molecule has 0 saturated heterocycles. The zero-order valence-corrected chi connectivity index (χ0v) is 10.5. The molecule has 1 nitrogen and oxygen atoms in total. The minimum Gasteiger partial charge on any atom is -0.241 e. The number of hydrogen-bond donors (Lipinski definition) is 0. The van der Waals surface area contributed by atoms with Gasteiger partial charge in [0, 0.05) is 16.8 Å². The third-order valence-corrected chi connectivity index (χ3v) is 3.49. The van der Waals surface area contributed by atoms with E-state index in [0.717, 1.165) is 24.6 Å². The molecule has 2 rings (SSSR count). The summed E-state index contributed by atoms with van der Waals surface area (Å²) in [7, 11) is 0. The number of aromatic nitrogens is 1. The fourth-order valence-electron chi connectivity index (χ4n) is 1.43. The highest BCUT2D eigenvalue weighted by atomic mass is 35.5. The molecule has 2 aromatic rings. The lowest BCUT2D eigenvalue weighted by molar-refractivity contribution is 0.509. The molecule has 0 saturated carbocycles. The van der Waals surface area contributed by atoms with E-state index in [1.807, 2.05) is 5.38 Å². The van der Waals surface area contributed by atoms with Gasteiger partial charge < -0.3 is 0 Å². The number of hydrogen-bond acceptors (Lipinski definition) is 2. The van der Waals surface area contributed by atoms with Crippen LogP contribution in [0.1, 0.15) is 12.1 Å². The van der Waals surface area contributed by atoms with Crippen LogP contribution in [0.25, 0.3) is 10.6 Å². The third-order valence-electron chi connectivity index (χ3n) is 2.28. The number of benzene rings is 1. The lowest BCUT2D eigenvalue weighted by Crippen LogP contribution is -1.88. The van der Waals surface area contributed by atoms with Gasteiger partial charge in [0.2, 0.25) is 0 Å². The van der Waals surface area contributed by atoms with Crippen LogP contribution in [-0.2, 0) is 6.42 Å². The molecule has 1 aromatic heterocycles. The molecule has 0 atom stereocenters. The third kappa shape index (κ3) is 3.01. The van der Waals surface area contributed by atoms with Crippen LogP contribution < -0.4 is 0 Å². The van der Waals surface area contributed by atoms with Gasteiger partial charge in [-0.2, -0.15) is 0 Å². The standard InChI is InChI=1S/C12H10ClF2NS/c13-5-1-2-9-7-17-12(16-9)8-3-4-10(14)11(15)6-8/h3-4,6-7H,1-2,5H2. The molecule has 0 aliphatic carbocycles. The van der Waals surface area contributed by atoms with Crippen molar-refractivity contribution in [1.29, 1.82) is 0 Å². The Morgan fingerprint density at radius 1 is 1.24 bits per heavy atom. The summed E-state index contributed by atoms with van der Waals surface area (Å²) in [6.07, 6.45) is 1.67. The molecule has 0 unspecified atom stereocenters. The lowest BCUT2D eigenvalue weighted by Gasteiger charge is -1.97. The number of thiazole rings is 1. The zero-order valence-electron chi connectivity index (χ0n) is 8.92. The smallest absolute Gasteiger partial charge is 0.159 e. The Morgan fingerprint density at radius 3 is 2.76 bits per heavy atom. The average Bonchev–Trinajstić information content (AvgIpc) is 2.79. The molecular formula is C12H10ClF2NS. The van der Waals surface area contributed by atoms with Gasteiger partial charge >= 0.3 is 0 Å². The lowest BCUT2D eigenvalue weighted by atomic mass is 10.2. The van der Waals surface area contributed by atoms with Crippen LogP contribution in [0.2, 0.25) is 0 Å². The molecule has 0 N–H and O–H groups in total. The van der Waals surface area contributed by atoms with Gasteiger partial charge in [0.15, 0.2) is 11.6 Å². The predicted molar refractivity (Wildman–Crippen MR) is 66.5 cm³/mol. The second-order valence-corrected chi connectivity index (χ2v) is 4.80. The first-order chi connectivity index (χ1) is 8.20. The van der Waals surface area contributed by atoms with Gasteiger partial charge in [0.25, 0.3) is 0 Å². The van der Waals surface area contributed by atoms with Crippen LogP contribution in [-0.4, -0.2) is 10.9 Å². The van der Waals surface area contributed by atoms with Crippen molar-refractivity contribution in [1.82, 2.24) is 4.98 Å². The van der Waals surface area contributed by atoms with Crippen molar-refractivity contribution < 1.29 is 8.78 Å².